The Morgan fingerprint density at radius 3 is 2.21 bits per heavy atom. The predicted molar refractivity (Wildman–Crippen MR) is 104 cm³/mol. The lowest BCUT2D eigenvalue weighted by Crippen LogP contribution is -2.31. The molecule has 2 aromatic carbocycles. The summed E-state index contributed by atoms with van der Waals surface area (Å²) in [5, 5.41) is 2.62. The maximum Gasteiger partial charge on any atom is 0.339 e. The van der Waals surface area contributed by atoms with Crippen molar-refractivity contribution < 1.29 is 28.6 Å². The summed E-state index contributed by atoms with van der Waals surface area (Å²) in [6.45, 7) is 5.45. The summed E-state index contributed by atoms with van der Waals surface area (Å²) in [6.07, 6.45) is -0.839. The zero-order valence-corrected chi connectivity index (χ0v) is 16.5. The third-order valence-corrected chi connectivity index (χ3v) is 4.11. The molecule has 0 saturated heterocycles. The number of nitrogens with one attached hydrogen (secondary N) is 1. The topological polar surface area (TPSA) is 90.9 Å². The summed E-state index contributed by atoms with van der Waals surface area (Å²) in [5.74, 6) is -1.13. The first-order chi connectivity index (χ1) is 13.3. The van der Waals surface area contributed by atoms with Gasteiger partial charge in [0, 0.05) is 0 Å². The molecule has 0 fully saturated rings. The number of amides is 1. The van der Waals surface area contributed by atoms with Gasteiger partial charge in [0.2, 0.25) is 0 Å². The molecule has 7 heteroatoms. The number of esters is 2. The predicted octanol–water partition coefficient (Wildman–Crippen LogP) is 3.28. The summed E-state index contributed by atoms with van der Waals surface area (Å²) in [4.78, 5) is 36.4. The Hall–Kier alpha value is -3.35. The molecule has 1 atom stereocenters. The van der Waals surface area contributed by atoms with E-state index in [0.29, 0.717) is 5.75 Å². The van der Waals surface area contributed by atoms with Gasteiger partial charge in [-0.05, 0) is 50.6 Å². The molecule has 2 aromatic rings. The summed E-state index contributed by atoms with van der Waals surface area (Å²) in [7, 11) is 2.47. The van der Waals surface area contributed by atoms with Gasteiger partial charge >= 0.3 is 11.9 Å². The maximum atomic E-state index is 12.6. The molecule has 28 heavy (non-hydrogen) atoms. The van der Waals surface area contributed by atoms with Crippen LogP contribution >= 0.6 is 0 Å². The summed E-state index contributed by atoms with van der Waals surface area (Å²) >= 11 is 0. The van der Waals surface area contributed by atoms with E-state index in [4.69, 9.17) is 9.47 Å². The molecule has 148 valence electrons. The van der Waals surface area contributed by atoms with Crippen molar-refractivity contribution in [2.45, 2.75) is 26.9 Å². The van der Waals surface area contributed by atoms with E-state index >= 15 is 0 Å². The van der Waals surface area contributed by atoms with Gasteiger partial charge in [0.15, 0.2) is 6.10 Å². The van der Waals surface area contributed by atoms with Crippen molar-refractivity contribution in [3.05, 3.63) is 58.7 Å². The van der Waals surface area contributed by atoms with Crippen LogP contribution in [0.2, 0.25) is 0 Å². The van der Waals surface area contributed by atoms with E-state index in [1.807, 2.05) is 26.0 Å². The van der Waals surface area contributed by atoms with Gasteiger partial charge in [-0.3, -0.25) is 4.79 Å². The lowest BCUT2D eigenvalue weighted by Gasteiger charge is -2.18. The number of hydrogen-bond acceptors (Lipinski definition) is 6. The van der Waals surface area contributed by atoms with Gasteiger partial charge in [-0.15, -0.1) is 0 Å². The molecule has 1 amide bonds. The van der Waals surface area contributed by atoms with Crippen LogP contribution in [0.3, 0.4) is 0 Å². The number of rotatable bonds is 6. The number of benzene rings is 2. The van der Waals surface area contributed by atoms with Gasteiger partial charge in [0.05, 0.1) is 31.0 Å². The SMILES string of the molecule is COC(=O)c1ccc(C(=O)OC)c(NC(=O)[C@@H](C)Oc2ccc(C)cc2C)c1. The Kier molecular flexibility index (Phi) is 6.76. The standard InChI is InChI=1S/C21H23NO6/c1-12-6-9-18(13(2)10-12)28-14(3)19(23)22-17-11-15(20(24)26-4)7-8-16(17)21(25)27-5/h6-11,14H,1-5H3,(H,22,23)/t14-/m1/s1. The van der Waals surface area contributed by atoms with Crippen LogP contribution in [0.4, 0.5) is 5.69 Å². The van der Waals surface area contributed by atoms with Crippen LogP contribution in [0.15, 0.2) is 36.4 Å². The number of carbonyl (C=O) groups excluding carboxylic acids is 3. The van der Waals surface area contributed by atoms with Crippen molar-refractivity contribution >= 4 is 23.5 Å². The zero-order chi connectivity index (χ0) is 20.8. The van der Waals surface area contributed by atoms with Crippen LogP contribution in [-0.2, 0) is 14.3 Å². The third-order valence-electron chi connectivity index (χ3n) is 4.11. The van der Waals surface area contributed by atoms with Crippen LogP contribution < -0.4 is 10.1 Å². The first-order valence-corrected chi connectivity index (χ1v) is 8.62. The van der Waals surface area contributed by atoms with Gasteiger partial charge in [0.1, 0.15) is 5.75 Å². The largest absolute Gasteiger partial charge is 0.481 e. The van der Waals surface area contributed by atoms with E-state index in [1.54, 1.807) is 13.0 Å². The number of methoxy groups -OCH3 is 2. The Labute approximate surface area is 163 Å². The molecule has 0 aliphatic carbocycles. The minimum Gasteiger partial charge on any atom is -0.481 e. The van der Waals surface area contributed by atoms with Gasteiger partial charge in [-0.1, -0.05) is 17.7 Å². The summed E-state index contributed by atoms with van der Waals surface area (Å²) in [5.41, 5.74) is 2.43. The third kappa shape index (κ3) is 4.88. The molecule has 2 rings (SSSR count). The second kappa shape index (κ2) is 9.03. The monoisotopic (exact) mass is 385 g/mol. The van der Waals surface area contributed by atoms with Crippen molar-refractivity contribution in [2.24, 2.45) is 0 Å². The number of hydrogen-bond donors (Lipinski definition) is 1. The van der Waals surface area contributed by atoms with Gasteiger partial charge in [-0.25, -0.2) is 9.59 Å². The highest BCUT2D eigenvalue weighted by Gasteiger charge is 2.21. The minimum absolute atomic E-state index is 0.113. The smallest absolute Gasteiger partial charge is 0.339 e. The molecule has 0 aliphatic heterocycles. The number of carbonyl (C=O) groups is 3. The van der Waals surface area contributed by atoms with E-state index < -0.39 is 23.9 Å². The molecular formula is C21H23NO6. The molecule has 0 heterocycles. The van der Waals surface area contributed by atoms with Crippen LogP contribution in [0.5, 0.6) is 5.75 Å². The minimum atomic E-state index is -0.839. The molecule has 0 aliphatic rings. The highest BCUT2D eigenvalue weighted by molar-refractivity contribution is 6.04. The normalized spacial score (nSPS) is 11.3. The van der Waals surface area contributed by atoms with Crippen LogP contribution in [0, 0.1) is 13.8 Å². The number of ether oxygens (including phenoxy) is 3. The molecular weight excluding hydrogens is 362 g/mol. The maximum absolute atomic E-state index is 12.6. The van der Waals surface area contributed by atoms with Crippen molar-refractivity contribution in [3.8, 4) is 5.75 Å². The molecule has 0 bridgehead atoms. The number of anilines is 1. The van der Waals surface area contributed by atoms with Crippen molar-refractivity contribution in [1.82, 2.24) is 0 Å². The Morgan fingerprint density at radius 2 is 1.61 bits per heavy atom. The van der Waals surface area contributed by atoms with Gasteiger partial charge < -0.3 is 19.5 Å². The molecule has 0 radical (unpaired) electrons. The fraction of sp³-hybridized carbons (Fsp3) is 0.286. The van der Waals surface area contributed by atoms with Crippen LogP contribution in [0.1, 0.15) is 38.8 Å². The van der Waals surface area contributed by atoms with E-state index in [0.717, 1.165) is 11.1 Å². The molecule has 0 aromatic heterocycles. The summed E-state index contributed by atoms with van der Waals surface area (Å²) < 4.78 is 15.2. The highest BCUT2D eigenvalue weighted by atomic mass is 16.5. The second-order valence-corrected chi connectivity index (χ2v) is 6.26. The molecule has 0 spiro atoms. The average molecular weight is 385 g/mol. The quantitative estimate of drug-likeness (QED) is 0.768. The first-order valence-electron chi connectivity index (χ1n) is 8.62. The number of aryl methyl sites for hydroxylation is 2. The average Bonchev–Trinajstić information content (AvgIpc) is 2.68. The Balaban J connectivity index is 2.25. The first kappa shape index (κ1) is 21.0. The van der Waals surface area contributed by atoms with Crippen molar-refractivity contribution in [1.29, 1.82) is 0 Å². The second-order valence-electron chi connectivity index (χ2n) is 6.26. The van der Waals surface area contributed by atoms with E-state index in [-0.39, 0.29) is 16.8 Å². The Morgan fingerprint density at radius 1 is 0.929 bits per heavy atom. The van der Waals surface area contributed by atoms with Gasteiger partial charge in [-0.2, -0.15) is 0 Å². The van der Waals surface area contributed by atoms with Crippen molar-refractivity contribution in [2.75, 3.05) is 19.5 Å². The molecule has 0 saturated carbocycles. The Bertz CT molecular complexity index is 906. The van der Waals surface area contributed by atoms with Crippen molar-refractivity contribution in [3.63, 3.8) is 0 Å². The van der Waals surface area contributed by atoms with E-state index in [2.05, 4.69) is 10.1 Å². The van der Waals surface area contributed by atoms with E-state index in [9.17, 15) is 14.4 Å². The summed E-state index contributed by atoms with van der Waals surface area (Å²) in [6, 6.07) is 9.82. The van der Waals surface area contributed by atoms with E-state index in [1.165, 1.54) is 32.4 Å². The zero-order valence-electron chi connectivity index (χ0n) is 16.5. The molecule has 7 nitrogen and oxygen atoms in total. The van der Waals surface area contributed by atoms with Crippen LogP contribution in [0.25, 0.3) is 0 Å². The highest BCUT2D eigenvalue weighted by Crippen LogP contribution is 2.22. The fourth-order valence-electron chi connectivity index (χ4n) is 2.59. The lowest BCUT2D eigenvalue weighted by molar-refractivity contribution is -0.122. The molecule has 0 unspecified atom stereocenters. The van der Waals surface area contributed by atoms with Gasteiger partial charge in [0.25, 0.3) is 5.91 Å². The lowest BCUT2D eigenvalue weighted by atomic mass is 10.1. The van der Waals surface area contributed by atoms with Crippen LogP contribution in [-0.4, -0.2) is 38.2 Å². The molecule has 1 N–H and O–H groups in total. The fourth-order valence-corrected chi connectivity index (χ4v) is 2.59.